The van der Waals surface area contributed by atoms with E-state index in [9.17, 15) is 9.90 Å². The number of hydrogen-bond donors (Lipinski definition) is 2. The smallest absolute Gasteiger partial charge is 0.273 e. The summed E-state index contributed by atoms with van der Waals surface area (Å²) in [4.78, 5) is 12.3. The minimum atomic E-state index is -0.336. The van der Waals surface area contributed by atoms with Crippen molar-refractivity contribution in [2.75, 3.05) is 19.8 Å². The molecule has 2 N–H and O–H groups in total. The number of carbonyl (C=O) groups excluding carboxylic acids is 1. The lowest BCUT2D eigenvalue weighted by atomic mass is 10.1. The van der Waals surface area contributed by atoms with Crippen LogP contribution in [-0.4, -0.2) is 56.0 Å². The molecule has 27 heavy (non-hydrogen) atoms. The van der Waals surface area contributed by atoms with E-state index >= 15 is 0 Å². The summed E-state index contributed by atoms with van der Waals surface area (Å²) in [5, 5.41) is 29.9. The lowest BCUT2D eigenvalue weighted by Gasteiger charge is -2.14. The molecule has 1 aromatic carbocycles. The second kappa shape index (κ2) is 7.91. The van der Waals surface area contributed by atoms with E-state index in [4.69, 9.17) is 4.74 Å². The molecule has 1 aliphatic rings. The topological polar surface area (TPSA) is 115 Å². The molecule has 1 aliphatic heterocycles. The molecule has 0 radical (unpaired) electrons. The predicted octanol–water partition coefficient (Wildman–Crippen LogP) is 0.906. The van der Waals surface area contributed by atoms with E-state index in [2.05, 4.69) is 25.8 Å². The molecule has 10 heteroatoms. The van der Waals surface area contributed by atoms with E-state index in [1.807, 2.05) is 30.3 Å². The Morgan fingerprint density at radius 2 is 2.11 bits per heavy atom. The molecule has 0 spiro atoms. The largest absolute Gasteiger partial charge is 0.396 e. The van der Waals surface area contributed by atoms with Gasteiger partial charge in [0, 0.05) is 11.5 Å². The van der Waals surface area contributed by atoms with Gasteiger partial charge in [-0.3, -0.25) is 4.79 Å². The second-order valence-electron chi connectivity index (χ2n) is 6.18. The van der Waals surface area contributed by atoms with E-state index in [0.29, 0.717) is 18.2 Å². The van der Waals surface area contributed by atoms with Crippen molar-refractivity contribution in [3.63, 3.8) is 0 Å². The highest BCUT2D eigenvalue weighted by Gasteiger charge is 2.30. The molecule has 3 aromatic rings. The van der Waals surface area contributed by atoms with Crippen LogP contribution in [0.2, 0.25) is 0 Å². The third-order valence-electron chi connectivity index (χ3n) is 4.37. The van der Waals surface area contributed by atoms with Crippen molar-refractivity contribution >= 4 is 17.2 Å². The van der Waals surface area contributed by atoms with Crippen molar-refractivity contribution in [1.29, 1.82) is 0 Å². The minimum Gasteiger partial charge on any atom is -0.396 e. The van der Waals surface area contributed by atoms with E-state index in [0.717, 1.165) is 10.6 Å². The number of aliphatic hydroxyl groups excluding tert-OH is 1. The van der Waals surface area contributed by atoms with Gasteiger partial charge in [-0.2, -0.15) is 0 Å². The number of hydrogen-bond acceptors (Lipinski definition) is 8. The number of aliphatic hydroxyl groups is 1. The first kappa shape index (κ1) is 17.7. The standard InChI is InChI=1S/C17H18N6O3S/c24-8-12-9-26-10-14(12)23-7-13(19-22-23)16(25)18-6-15-20-21-17(27-15)11-4-2-1-3-5-11/h1-5,7,12,14,24H,6,8-10H2,(H,18,25)/t12-,14-/m1/s1. The highest BCUT2D eigenvalue weighted by atomic mass is 32.1. The van der Waals surface area contributed by atoms with Crippen LogP contribution in [0.4, 0.5) is 0 Å². The van der Waals surface area contributed by atoms with Crippen molar-refractivity contribution in [3.05, 3.63) is 47.2 Å². The Bertz CT molecular complexity index is 912. The number of rotatable bonds is 6. The quantitative estimate of drug-likeness (QED) is 0.647. The molecule has 4 rings (SSSR count). The van der Waals surface area contributed by atoms with Gasteiger partial charge in [0.1, 0.15) is 10.0 Å². The molecular weight excluding hydrogens is 368 g/mol. The van der Waals surface area contributed by atoms with E-state index in [-0.39, 0.29) is 36.7 Å². The lowest BCUT2D eigenvalue weighted by molar-refractivity contribution is 0.0945. The van der Waals surface area contributed by atoms with Crippen LogP contribution >= 0.6 is 11.3 Å². The SMILES string of the molecule is O=C(NCc1nnc(-c2ccccc2)s1)c1cn([C@@H]2COC[C@H]2CO)nn1. The van der Waals surface area contributed by atoms with E-state index in [1.54, 1.807) is 10.9 Å². The van der Waals surface area contributed by atoms with Gasteiger partial charge in [-0.25, -0.2) is 4.68 Å². The van der Waals surface area contributed by atoms with Gasteiger partial charge in [0.15, 0.2) is 5.69 Å². The first-order valence-electron chi connectivity index (χ1n) is 8.51. The van der Waals surface area contributed by atoms with Gasteiger partial charge >= 0.3 is 0 Å². The van der Waals surface area contributed by atoms with Gasteiger partial charge in [0.05, 0.1) is 38.6 Å². The fourth-order valence-electron chi connectivity index (χ4n) is 2.87. The van der Waals surface area contributed by atoms with Crippen LogP contribution in [0.3, 0.4) is 0 Å². The maximum absolute atomic E-state index is 12.3. The highest BCUT2D eigenvalue weighted by Crippen LogP contribution is 2.25. The van der Waals surface area contributed by atoms with Crippen LogP contribution in [0.1, 0.15) is 21.5 Å². The summed E-state index contributed by atoms with van der Waals surface area (Å²) >= 11 is 1.43. The Morgan fingerprint density at radius 1 is 1.26 bits per heavy atom. The lowest BCUT2D eigenvalue weighted by Crippen LogP contribution is -2.23. The van der Waals surface area contributed by atoms with Gasteiger partial charge in [0.25, 0.3) is 5.91 Å². The number of ether oxygens (including phenoxy) is 1. The third-order valence-corrected chi connectivity index (χ3v) is 5.34. The normalized spacial score (nSPS) is 19.3. The minimum absolute atomic E-state index is 0.00680. The van der Waals surface area contributed by atoms with E-state index in [1.165, 1.54) is 11.3 Å². The monoisotopic (exact) mass is 386 g/mol. The number of carbonyl (C=O) groups is 1. The number of nitrogens with zero attached hydrogens (tertiary/aromatic N) is 5. The molecule has 3 heterocycles. The molecule has 1 saturated heterocycles. The maximum atomic E-state index is 12.3. The zero-order chi connectivity index (χ0) is 18.6. The van der Waals surface area contributed by atoms with Gasteiger partial charge < -0.3 is 15.2 Å². The summed E-state index contributed by atoms with van der Waals surface area (Å²) in [7, 11) is 0. The number of nitrogens with one attached hydrogen (secondary N) is 1. The molecule has 1 amide bonds. The summed E-state index contributed by atoms with van der Waals surface area (Å²) < 4.78 is 6.95. The van der Waals surface area contributed by atoms with Crippen LogP contribution in [0, 0.1) is 5.92 Å². The zero-order valence-corrected chi connectivity index (χ0v) is 15.2. The Balaban J connectivity index is 1.37. The molecule has 9 nitrogen and oxygen atoms in total. The maximum Gasteiger partial charge on any atom is 0.273 e. The number of aromatic nitrogens is 5. The van der Waals surface area contributed by atoms with Crippen molar-refractivity contribution in [3.8, 4) is 10.6 Å². The van der Waals surface area contributed by atoms with Crippen LogP contribution < -0.4 is 5.32 Å². The fraction of sp³-hybridized carbons (Fsp3) is 0.353. The predicted molar refractivity (Wildman–Crippen MR) is 97.0 cm³/mol. The molecule has 2 atom stereocenters. The summed E-state index contributed by atoms with van der Waals surface area (Å²) in [6.07, 6.45) is 1.58. The van der Waals surface area contributed by atoms with Crippen LogP contribution in [0.5, 0.6) is 0 Å². The first-order chi connectivity index (χ1) is 13.2. The molecule has 2 aromatic heterocycles. The van der Waals surface area contributed by atoms with Crippen LogP contribution in [-0.2, 0) is 11.3 Å². The van der Waals surface area contributed by atoms with Gasteiger partial charge in [0.2, 0.25) is 0 Å². The molecule has 0 bridgehead atoms. The summed E-state index contributed by atoms with van der Waals surface area (Å²) in [6.45, 7) is 1.20. The molecule has 1 fully saturated rings. The Labute approximate surface area is 159 Å². The molecule has 0 saturated carbocycles. The van der Waals surface area contributed by atoms with E-state index < -0.39 is 0 Å². The average Bonchev–Trinajstić information content (AvgIpc) is 3.46. The summed E-state index contributed by atoms with van der Waals surface area (Å²) in [5.41, 5.74) is 1.21. The second-order valence-corrected chi connectivity index (χ2v) is 7.24. The fourth-order valence-corrected chi connectivity index (χ4v) is 3.65. The van der Waals surface area contributed by atoms with Gasteiger partial charge in [-0.15, -0.1) is 15.3 Å². The third kappa shape index (κ3) is 3.87. The van der Waals surface area contributed by atoms with Gasteiger partial charge in [-0.05, 0) is 0 Å². The van der Waals surface area contributed by atoms with Gasteiger partial charge in [-0.1, -0.05) is 46.9 Å². The summed E-state index contributed by atoms with van der Waals surface area (Å²) in [6, 6.07) is 9.65. The van der Waals surface area contributed by atoms with Crippen LogP contribution in [0.15, 0.2) is 36.5 Å². The Hall–Kier alpha value is -2.69. The average molecular weight is 386 g/mol. The van der Waals surface area contributed by atoms with Crippen LogP contribution in [0.25, 0.3) is 10.6 Å². The Morgan fingerprint density at radius 3 is 2.93 bits per heavy atom. The molecular formula is C17H18N6O3S. The summed E-state index contributed by atoms with van der Waals surface area (Å²) in [5.74, 6) is -0.377. The molecule has 0 aliphatic carbocycles. The van der Waals surface area contributed by atoms with Crippen molar-refractivity contribution < 1.29 is 14.6 Å². The highest BCUT2D eigenvalue weighted by molar-refractivity contribution is 7.14. The number of benzene rings is 1. The first-order valence-corrected chi connectivity index (χ1v) is 9.32. The zero-order valence-electron chi connectivity index (χ0n) is 14.4. The van der Waals surface area contributed by atoms with Crippen molar-refractivity contribution in [2.45, 2.75) is 12.6 Å². The van der Waals surface area contributed by atoms with Crippen molar-refractivity contribution in [1.82, 2.24) is 30.5 Å². The molecule has 0 unspecified atom stereocenters. The Kier molecular flexibility index (Phi) is 5.19. The molecule has 140 valence electrons. The van der Waals surface area contributed by atoms with Crippen molar-refractivity contribution in [2.24, 2.45) is 5.92 Å². The number of amides is 1.